The monoisotopic (exact) mass is 713 g/mol. The lowest BCUT2D eigenvalue weighted by atomic mass is 10.1. The van der Waals surface area contributed by atoms with Crippen LogP contribution in [0.4, 0.5) is 34.6 Å². The predicted octanol–water partition coefficient (Wildman–Crippen LogP) is 5.12. The van der Waals surface area contributed by atoms with E-state index in [4.69, 9.17) is 5.26 Å². The lowest BCUT2D eigenvalue weighted by Gasteiger charge is -2.15. The van der Waals surface area contributed by atoms with Crippen molar-refractivity contribution in [1.29, 1.82) is 0 Å². The number of nitrogens with zero attached hydrogens (tertiary/aromatic N) is 5. The molecule has 9 N–H and O–H groups in total. The van der Waals surface area contributed by atoms with E-state index in [9.17, 15) is 48.1 Å². The Labute approximate surface area is 276 Å². The van der Waals surface area contributed by atoms with Crippen molar-refractivity contribution in [1.82, 2.24) is 15.0 Å². The molecule has 0 radical (unpaired) electrons. The van der Waals surface area contributed by atoms with E-state index in [2.05, 4.69) is 45.2 Å². The molecule has 0 aliphatic rings. The molecule has 0 amide bonds. The maximum Gasteiger partial charge on any atom is 0.338 e. The summed E-state index contributed by atoms with van der Waals surface area (Å²) in [6.45, 7) is 0. The summed E-state index contributed by atoms with van der Waals surface area (Å²) in [7, 11) is -4.91. The van der Waals surface area contributed by atoms with Crippen LogP contribution in [-0.4, -0.2) is 70.7 Å². The molecule has 0 bridgehead atoms. The van der Waals surface area contributed by atoms with E-state index >= 15 is 0 Å². The van der Waals surface area contributed by atoms with Crippen molar-refractivity contribution in [2.45, 2.75) is 9.79 Å². The summed E-state index contributed by atoms with van der Waals surface area (Å²) in [5.41, 5.74) is -1.59. The summed E-state index contributed by atoms with van der Waals surface area (Å²) in [5, 5.41) is 75.4. The van der Waals surface area contributed by atoms with E-state index < -0.39 is 55.9 Å². The summed E-state index contributed by atoms with van der Waals surface area (Å²) in [6, 6.07) is 11.0. The molecule has 0 aliphatic heterocycles. The van der Waals surface area contributed by atoms with Crippen LogP contribution in [0, 0.1) is 0 Å². The van der Waals surface area contributed by atoms with Gasteiger partial charge < -0.3 is 36.2 Å². The Kier molecular flexibility index (Phi) is 9.69. The molecule has 252 valence electrons. The number of anilines is 4. The van der Waals surface area contributed by atoms with Crippen molar-refractivity contribution >= 4 is 79.5 Å². The fourth-order valence-corrected chi connectivity index (χ4v) is 5.34. The third-order valence-corrected chi connectivity index (χ3v) is 7.77. The number of hydrogen-bond acceptors (Lipinski definition) is 18. The number of aromatic hydroxyl groups is 3. The Morgan fingerprint density at radius 1 is 0.816 bits per heavy atom. The highest BCUT2D eigenvalue weighted by molar-refractivity contribution is 7.94. The zero-order valence-electron chi connectivity index (χ0n) is 23.9. The molecule has 0 atom stereocenters. The van der Waals surface area contributed by atoms with E-state index in [1.807, 2.05) is 0 Å². The Morgan fingerprint density at radius 3 is 2.14 bits per heavy atom. The lowest BCUT2D eigenvalue weighted by molar-refractivity contribution is -0.432. The van der Waals surface area contributed by atoms with Gasteiger partial charge in [0.25, 0.3) is 10.1 Å². The van der Waals surface area contributed by atoms with E-state index in [0.717, 1.165) is 30.3 Å². The van der Waals surface area contributed by atoms with Crippen LogP contribution < -0.4 is 10.6 Å². The predicted molar refractivity (Wildman–Crippen MR) is 167 cm³/mol. The fraction of sp³-hybridized carbons (Fsp3) is 0. The molecule has 0 unspecified atom stereocenters. The molecular weight excluding hydrogens is 694 g/mol. The largest absolute Gasteiger partial charge is 0.508 e. The van der Waals surface area contributed by atoms with Crippen LogP contribution in [0.2, 0.25) is 0 Å². The first-order chi connectivity index (χ1) is 23.2. The van der Waals surface area contributed by atoms with Gasteiger partial charge in [0.05, 0.1) is 44.3 Å². The van der Waals surface area contributed by atoms with Crippen LogP contribution >= 0.6 is 12.0 Å². The van der Waals surface area contributed by atoms with Crippen molar-refractivity contribution in [3.05, 3.63) is 71.8 Å². The topological polar surface area (TPSA) is 316 Å². The number of carbonyl (C=O) groups is 2. The zero-order valence-corrected chi connectivity index (χ0v) is 25.5. The van der Waals surface area contributed by atoms with Gasteiger partial charge in [0.1, 0.15) is 17.1 Å². The Morgan fingerprint density at radius 2 is 1.49 bits per heavy atom. The number of phenolic OH excluding ortho intramolecular Hbond substituents is 2. The molecule has 0 fully saturated rings. The SMILES string of the molecule is O=C(O)c1cc(O)ccc1N=Nc1c(SOOO)cc2cc(S(=O)(=O)O)cc(Nc3nc(O)nc(Nc4ccccc4C(=O)O)n3)c2c1O. The number of para-hydroxylation sites is 1. The normalized spacial score (nSPS) is 11.6. The van der Waals surface area contributed by atoms with Gasteiger partial charge in [-0.05, 0) is 53.9 Å². The van der Waals surface area contributed by atoms with Gasteiger partial charge in [-0.25, -0.2) is 14.8 Å². The fourth-order valence-electron chi connectivity index (χ4n) is 4.30. The Bertz CT molecular complexity index is 2270. The third-order valence-electron chi connectivity index (χ3n) is 6.32. The number of nitrogens with one attached hydrogen (secondary N) is 2. The van der Waals surface area contributed by atoms with E-state index in [0.29, 0.717) is 0 Å². The van der Waals surface area contributed by atoms with Gasteiger partial charge in [-0.3, -0.25) is 4.55 Å². The third kappa shape index (κ3) is 7.70. The maximum absolute atomic E-state index is 12.2. The number of hydrogen-bond donors (Lipinski definition) is 9. The number of aromatic carboxylic acids is 2. The highest BCUT2D eigenvalue weighted by Gasteiger charge is 2.23. The van der Waals surface area contributed by atoms with Crippen LogP contribution in [0.5, 0.6) is 17.5 Å². The number of azo groups is 1. The zero-order chi connectivity index (χ0) is 35.5. The number of carboxylic acids is 2. The Hall–Kier alpha value is -6.17. The maximum atomic E-state index is 12.2. The number of aromatic nitrogens is 3. The number of benzene rings is 4. The van der Waals surface area contributed by atoms with E-state index in [1.54, 1.807) is 0 Å². The lowest BCUT2D eigenvalue weighted by Crippen LogP contribution is -2.07. The minimum absolute atomic E-state index is 0.0387. The molecule has 0 spiro atoms. The second-order valence-electron chi connectivity index (χ2n) is 9.43. The summed E-state index contributed by atoms with van der Waals surface area (Å²) in [4.78, 5) is 33.9. The van der Waals surface area contributed by atoms with E-state index in [1.165, 1.54) is 30.3 Å². The Balaban J connectivity index is 1.68. The van der Waals surface area contributed by atoms with Crippen molar-refractivity contribution in [3.63, 3.8) is 0 Å². The van der Waals surface area contributed by atoms with Crippen molar-refractivity contribution in [2.75, 3.05) is 10.6 Å². The molecular formula is C27H19N7O13S2. The molecule has 20 nitrogen and oxygen atoms in total. The van der Waals surface area contributed by atoms with Gasteiger partial charge in [-0.2, -0.15) is 23.4 Å². The average Bonchev–Trinajstić information content (AvgIpc) is 3.03. The van der Waals surface area contributed by atoms with Crippen molar-refractivity contribution in [2.24, 2.45) is 10.2 Å². The van der Waals surface area contributed by atoms with Gasteiger partial charge >= 0.3 is 17.9 Å². The number of rotatable bonds is 12. The minimum Gasteiger partial charge on any atom is -0.508 e. The summed E-state index contributed by atoms with van der Waals surface area (Å²) in [6.07, 6.45) is 0. The summed E-state index contributed by atoms with van der Waals surface area (Å²) >= 11 is 0.265. The standard InChI is InChI=1S/C27H19N7O13S2/c35-12-5-6-17(15(9-12)24(39)40)33-34-21-19(48-47-46-42)8-11-7-13(49(43,44)45)10-18(20(11)22(21)36)29-26-30-25(31-27(41)32-26)28-16-4-2-1-3-14(16)23(37)38/h1-10,35-36,42H,(H,37,38)(H,39,40)(H,43,44,45)(H3,28,29,30,31,32,41). The van der Waals surface area contributed by atoms with Crippen LogP contribution in [0.1, 0.15) is 20.7 Å². The molecule has 1 aromatic heterocycles. The molecule has 0 aliphatic carbocycles. The second-order valence-corrected chi connectivity index (χ2v) is 11.6. The highest BCUT2D eigenvalue weighted by Crippen LogP contribution is 2.47. The van der Waals surface area contributed by atoms with Gasteiger partial charge in [-0.1, -0.05) is 17.2 Å². The van der Waals surface area contributed by atoms with Crippen molar-refractivity contribution in [3.8, 4) is 17.5 Å². The summed E-state index contributed by atoms with van der Waals surface area (Å²) in [5.74, 6) is -4.71. The quantitative estimate of drug-likeness (QED) is 0.0266. The molecule has 0 saturated carbocycles. The first-order valence-electron chi connectivity index (χ1n) is 13.0. The molecule has 5 rings (SSSR count). The average molecular weight is 714 g/mol. The molecule has 49 heavy (non-hydrogen) atoms. The van der Waals surface area contributed by atoms with E-state index in [-0.39, 0.29) is 62.0 Å². The smallest absolute Gasteiger partial charge is 0.338 e. The van der Waals surface area contributed by atoms with Crippen LogP contribution in [-0.2, 0) is 19.5 Å². The number of carboxylic acid groups (broad SMARTS) is 2. The molecule has 4 aromatic carbocycles. The number of phenols is 2. The van der Waals surface area contributed by atoms with Gasteiger partial charge in [-0.15, -0.1) is 14.6 Å². The first kappa shape index (κ1) is 34.2. The molecule has 1 heterocycles. The minimum atomic E-state index is -4.91. The van der Waals surface area contributed by atoms with Crippen molar-refractivity contribution < 1.29 is 62.7 Å². The summed E-state index contributed by atoms with van der Waals surface area (Å²) < 4.78 is 38.7. The van der Waals surface area contributed by atoms with Gasteiger partial charge in [0.15, 0.2) is 5.75 Å². The van der Waals surface area contributed by atoms with Gasteiger partial charge in [0.2, 0.25) is 11.9 Å². The molecule has 5 aromatic rings. The van der Waals surface area contributed by atoms with Crippen LogP contribution in [0.3, 0.4) is 0 Å². The molecule has 22 heteroatoms. The van der Waals surface area contributed by atoms with Gasteiger partial charge in [0, 0.05) is 5.39 Å². The van der Waals surface area contributed by atoms with Crippen LogP contribution in [0.15, 0.2) is 80.7 Å². The first-order valence-corrected chi connectivity index (χ1v) is 15.2. The van der Waals surface area contributed by atoms with Crippen LogP contribution in [0.25, 0.3) is 10.8 Å². The number of fused-ring (bicyclic) bond motifs is 1. The highest BCUT2D eigenvalue weighted by atomic mass is 32.2. The second kappa shape index (κ2) is 13.9. The molecule has 0 saturated heterocycles.